The maximum atomic E-state index is 8.79. The van der Waals surface area contributed by atoms with Gasteiger partial charge in [-0.3, -0.25) is 9.97 Å². The minimum absolute atomic E-state index is 0. The van der Waals surface area contributed by atoms with Crippen molar-refractivity contribution in [2.24, 2.45) is 5.41 Å². The van der Waals surface area contributed by atoms with E-state index in [1.165, 1.54) is 22.8 Å². The molecule has 0 saturated heterocycles. The zero-order valence-electron chi connectivity index (χ0n) is 46.2. The van der Waals surface area contributed by atoms with Crippen molar-refractivity contribution in [3.05, 3.63) is 162 Å². The van der Waals surface area contributed by atoms with Gasteiger partial charge >= 0.3 is 0 Å². The molecular weight excluding hydrogens is 977 g/mol. The van der Waals surface area contributed by atoms with E-state index >= 15 is 0 Å². The molecule has 1 radical (unpaired) electrons. The summed E-state index contributed by atoms with van der Waals surface area (Å²) in [6.07, 6.45) is 3.86. The summed E-state index contributed by atoms with van der Waals surface area (Å²) in [5.41, 5.74) is 10.9. The topological polar surface area (TPSA) is 56.7 Å². The second-order valence-electron chi connectivity index (χ2n) is 18.9. The zero-order chi connectivity index (χ0) is 51.6. The number of pyridine rings is 2. The Kier molecular flexibility index (Phi) is 10.7. The van der Waals surface area contributed by atoms with Crippen LogP contribution in [0.2, 0.25) is 19.6 Å². The van der Waals surface area contributed by atoms with Crippen LogP contribution in [0.5, 0.6) is 0 Å². The van der Waals surface area contributed by atoms with Gasteiger partial charge in [0.1, 0.15) is 5.58 Å². The summed E-state index contributed by atoms with van der Waals surface area (Å²) in [6, 6.07) is 38.9. The van der Waals surface area contributed by atoms with Crippen molar-refractivity contribution < 1.29 is 35.5 Å². The van der Waals surface area contributed by atoms with Crippen LogP contribution in [0.15, 0.2) is 126 Å². The third-order valence-electron chi connectivity index (χ3n) is 11.2. The van der Waals surface area contributed by atoms with Gasteiger partial charge in [0.25, 0.3) is 0 Å². The maximum absolute atomic E-state index is 8.79. The monoisotopic (exact) mass is 1050 g/mol. The number of hydrogen-bond donors (Lipinski definition) is 0. The third-order valence-corrected chi connectivity index (χ3v) is 13.2. The Balaban J connectivity index is 0.000000235. The molecule has 5 aromatic carbocycles. The molecule has 0 spiro atoms. The Bertz CT molecular complexity index is 3370. The molecule has 0 amide bonds. The number of para-hydroxylation sites is 1. The summed E-state index contributed by atoms with van der Waals surface area (Å²) in [6.45, 7) is 16.6. The molecule has 0 saturated carbocycles. The summed E-state index contributed by atoms with van der Waals surface area (Å²) >= 11 is 0. The van der Waals surface area contributed by atoms with E-state index in [1.807, 2.05) is 69.4 Å². The summed E-state index contributed by atoms with van der Waals surface area (Å²) in [5.74, 6) is 1.02. The molecule has 4 heterocycles. The molecule has 64 heavy (non-hydrogen) atoms. The van der Waals surface area contributed by atoms with E-state index in [4.69, 9.17) is 20.4 Å². The van der Waals surface area contributed by atoms with Crippen LogP contribution in [0.3, 0.4) is 0 Å². The number of benzene rings is 5. The van der Waals surface area contributed by atoms with Crippen molar-refractivity contribution in [2.75, 3.05) is 0 Å². The third kappa shape index (κ3) is 9.49. The van der Waals surface area contributed by atoms with Crippen LogP contribution in [-0.2, 0) is 26.5 Å². The summed E-state index contributed by atoms with van der Waals surface area (Å²) in [7, 11) is -1.81. The molecule has 0 fully saturated rings. The van der Waals surface area contributed by atoms with Crippen LogP contribution in [-0.4, -0.2) is 27.6 Å². The van der Waals surface area contributed by atoms with Gasteiger partial charge in [-0.2, -0.15) is 0 Å². The summed E-state index contributed by atoms with van der Waals surface area (Å²) in [5, 5.41) is 2.33. The van der Waals surface area contributed by atoms with Gasteiger partial charge in [0.05, 0.1) is 36.7 Å². The van der Waals surface area contributed by atoms with Crippen molar-refractivity contribution in [3.63, 3.8) is 0 Å². The Morgan fingerprint density at radius 2 is 1.53 bits per heavy atom. The van der Waals surface area contributed by atoms with Crippen molar-refractivity contribution >= 4 is 46.2 Å². The van der Waals surface area contributed by atoms with Gasteiger partial charge in [-0.15, -0.1) is 53.1 Å². The average Bonchev–Trinajstić information content (AvgIpc) is 3.89. The van der Waals surface area contributed by atoms with Crippen LogP contribution in [0, 0.1) is 31.3 Å². The molecule has 7 heteroatoms. The first-order valence-electron chi connectivity index (χ1n) is 25.6. The predicted octanol–water partition coefficient (Wildman–Crippen LogP) is 15.0. The Morgan fingerprint density at radius 1 is 0.812 bits per heavy atom. The van der Waals surface area contributed by atoms with Crippen LogP contribution >= 0.6 is 0 Å². The van der Waals surface area contributed by atoms with Gasteiger partial charge < -0.3 is 14.0 Å². The normalized spacial score (nSPS) is 14.4. The van der Waals surface area contributed by atoms with E-state index in [0.717, 1.165) is 32.9 Å². The Hall–Kier alpha value is -5.46. The van der Waals surface area contributed by atoms with Crippen molar-refractivity contribution in [1.29, 1.82) is 0 Å². The van der Waals surface area contributed by atoms with Crippen molar-refractivity contribution in [3.8, 4) is 39.5 Å². The minimum atomic E-state index is -2.34. The van der Waals surface area contributed by atoms with E-state index in [9.17, 15) is 0 Å². The Morgan fingerprint density at radius 3 is 2.17 bits per heavy atom. The number of aromatic nitrogens is 4. The fourth-order valence-corrected chi connectivity index (χ4v) is 9.56. The number of aryl methyl sites for hydroxylation is 2. The largest absolute Gasteiger partial charge is 0.501 e. The molecule has 5 nitrogen and oxygen atoms in total. The number of rotatable bonds is 8. The molecule has 0 aliphatic carbocycles. The minimum Gasteiger partial charge on any atom is -0.501 e. The maximum Gasteiger partial charge on any atom is 0.120 e. The molecule has 0 N–H and O–H groups in total. The zero-order valence-corrected chi connectivity index (χ0v) is 41.6. The van der Waals surface area contributed by atoms with Crippen LogP contribution in [0.4, 0.5) is 0 Å². The first-order chi connectivity index (χ1) is 33.2. The SMILES string of the molecule is [2H]C([2H])([2H])c1c[c-]c(-c2cc(C([2H])([2H])C(C)(C)C)c([Si](C)(C)C)cn2)cc1.[2H]C([2H])([2H])c1c[c-]c(-c2nc3ccncc3n2-c2c(C(C)C)cc(-c3ccccc3)cc2C(C)C)c2oc3ccccc3c12.[Ir]. The number of hydrogen-bond acceptors (Lipinski definition) is 4. The first-order valence-corrected chi connectivity index (χ1v) is 25.1. The van der Waals surface area contributed by atoms with Crippen molar-refractivity contribution in [1.82, 2.24) is 19.5 Å². The van der Waals surface area contributed by atoms with E-state index in [2.05, 4.69) is 110 Å². The molecule has 0 atom stereocenters. The van der Waals surface area contributed by atoms with Gasteiger partial charge in [0, 0.05) is 54.5 Å². The molecule has 0 aliphatic rings. The fraction of sp³-hybridized carbons (Fsp3) is 0.281. The van der Waals surface area contributed by atoms with E-state index in [-0.39, 0.29) is 43.1 Å². The molecular formula is C57H60IrN4OSi-2. The van der Waals surface area contributed by atoms with E-state index in [0.29, 0.717) is 44.8 Å². The molecule has 0 unspecified atom stereocenters. The van der Waals surface area contributed by atoms with Gasteiger partial charge in [-0.05, 0) is 81.0 Å². The first kappa shape index (κ1) is 36.8. The van der Waals surface area contributed by atoms with E-state index < -0.39 is 33.6 Å². The number of nitrogens with zero attached hydrogens (tertiary/aromatic N) is 4. The number of furan rings is 1. The average molecular weight is 1050 g/mol. The van der Waals surface area contributed by atoms with Crippen LogP contribution in [0.1, 0.15) is 99.1 Å². The second kappa shape index (κ2) is 18.6. The van der Waals surface area contributed by atoms with Gasteiger partial charge in [-0.1, -0.05) is 153 Å². The summed E-state index contributed by atoms with van der Waals surface area (Å²) < 4.78 is 73.5. The molecule has 329 valence electrons. The standard InChI is InChI=1S/C37H32N3O.C20H28NSi.Ir/c1-22(2)29-19-26(25-11-7-6-8-12-25)20-30(23(3)4)35(29)40-32-21-38-18-17-31(32)39-37(40)28-16-15-24(5)34-27-13-9-10-14-33(27)41-36(28)34;1-15-8-10-16(11-9-15)18-12-17(13-20(2,3)4)19(14-21-18)22(5,6)7;/h6-15,17-23H,1-5H3;8-10,12,14H,13H2,1-7H3;/q2*-1;/i5D3;1D3,13D2;. The Labute approximate surface area is 406 Å². The van der Waals surface area contributed by atoms with Gasteiger partial charge in [0.2, 0.25) is 0 Å². The molecule has 0 aliphatic heterocycles. The number of fused-ring (bicyclic) bond motifs is 4. The van der Waals surface area contributed by atoms with E-state index in [1.54, 1.807) is 30.6 Å². The van der Waals surface area contributed by atoms with Crippen LogP contribution < -0.4 is 5.19 Å². The number of imidazole rings is 1. The van der Waals surface area contributed by atoms with Crippen molar-refractivity contribution in [2.45, 2.75) is 100 Å². The molecule has 9 rings (SSSR count). The summed E-state index contributed by atoms with van der Waals surface area (Å²) in [4.78, 5) is 14.2. The van der Waals surface area contributed by atoms with Gasteiger partial charge in [0.15, 0.2) is 0 Å². The smallest absolute Gasteiger partial charge is 0.120 e. The quantitative estimate of drug-likeness (QED) is 0.112. The fourth-order valence-electron chi connectivity index (χ4n) is 8.16. The second-order valence-corrected chi connectivity index (χ2v) is 24.0. The molecule has 4 aromatic heterocycles. The predicted molar refractivity (Wildman–Crippen MR) is 268 cm³/mol. The van der Waals surface area contributed by atoms with Gasteiger partial charge in [-0.25, -0.2) is 0 Å². The van der Waals surface area contributed by atoms with Crippen LogP contribution in [0.25, 0.3) is 72.4 Å². The molecule has 0 bridgehead atoms. The molecule has 9 aromatic rings.